The number of carbonyl (C=O) groups excluding carboxylic acids is 1. The molecule has 1 saturated carbocycles. The zero-order chi connectivity index (χ0) is 12.7. The van der Waals surface area contributed by atoms with Gasteiger partial charge in [0, 0.05) is 12.8 Å². The minimum Gasteiger partial charge on any atom is -0.481 e. The third-order valence-electron chi connectivity index (χ3n) is 3.75. The first-order valence-electron chi connectivity index (χ1n) is 5.93. The maximum atomic E-state index is 11.5. The predicted molar refractivity (Wildman–Crippen MR) is 58.4 cm³/mol. The van der Waals surface area contributed by atoms with Crippen LogP contribution in [0.5, 0.6) is 0 Å². The molecule has 96 valence electrons. The van der Waals surface area contributed by atoms with E-state index >= 15 is 0 Å². The van der Waals surface area contributed by atoms with Gasteiger partial charge in [0.05, 0.1) is 12.0 Å². The molecule has 0 aromatic rings. The van der Waals surface area contributed by atoms with Crippen LogP contribution in [0.25, 0.3) is 0 Å². The molecule has 5 nitrogen and oxygen atoms in total. The van der Waals surface area contributed by atoms with Crippen LogP contribution in [-0.2, 0) is 19.1 Å². The lowest BCUT2D eigenvalue weighted by Gasteiger charge is -2.36. The highest BCUT2D eigenvalue weighted by Crippen LogP contribution is 2.44. The third-order valence-corrected chi connectivity index (χ3v) is 3.75. The Morgan fingerprint density at radius 1 is 1.35 bits per heavy atom. The van der Waals surface area contributed by atoms with Gasteiger partial charge in [0.1, 0.15) is 11.9 Å². The van der Waals surface area contributed by atoms with Gasteiger partial charge in [-0.25, -0.2) is 0 Å². The second kappa shape index (κ2) is 4.07. The average Bonchev–Trinajstić information content (AvgIpc) is 2.60. The van der Waals surface area contributed by atoms with E-state index in [1.165, 1.54) is 0 Å². The van der Waals surface area contributed by atoms with Crippen LogP contribution in [0.3, 0.4) is 0 Å². The lowest BCUT2D eigenvalue weighted by molar-refractivity contribution is -0.177. The molecular formula is C12H18O5. The van der Waals surface area contributed by atoms with Crippen LogP contribution in [0, 0.1) is 5.41 Å². The lowest BCUT2D eigenvalue weighted by atomic mass is 9.70. The fourth-order valence-corrected chi connectivity index (χ4v) is 2.61. The van der Waals surface area contributed by atoms with Crippen molar-refractivity contribution >= 4 is 11.8 Å². The van der Waals surface area contributed by atoms with Crippen LogP contribution in [0.1, 0.15) is 39.5 Å². The van der Waals surface area contributed by atoms with Gasteiger partial charge in [-0.15, -0.1) is 0 Å². The maximum absolute atomic E-state index is 11.5. The highest BCUT2D eigenvalue weighted by atomic mass is 16.7. The van der Waals surface area contributed by atoms with Gasteiger partial charge in [0.15, 0.2) is 5.79 Å². The van der Waals surface area contributed by atoms with Crippen LogP contribution in [0.15, 0.2) is 0 Å². The second-order valence-corrected chi connectivity index (χ2v) is 5.32. The SMILES string of the molecule is CC1(C)OCC(C2(C(=O)O)CCC(=O)CC2)O1. The van der Waals surface area contributed by atoms with Crippen molar-refractivity contribution in [1.29, 1.82) is 0 Å². The summed E-state index contributed by atoms with van der Waals surface area (Å²) in [5.74, 6) is -1.47. The smallest absolute Gasteiger partial charge is 0.312 e. The van der Waals surface area contributed by atoms with Crippen molar-refractivity contribution in [2.45, 2.75) is 51.4 Å². The Hall–Kier alpha value is -0.940. The highest BCUT2D eigenvalue weighted by Gasteiger charge is 2.53. The number of rotatable bonds is 2. The Kier molecular flexibility index (Phi) is 2.99. The quantitative estimate of drug-likeness (QED) is 0.791. The number of carboxylic acids is 1. The van der Waals surface area contributed by atoms with Crippen LogP contribution < -0.4 is 0 Å². The monoisotopic (exact) mass is 242 g/mol. The summed E-state index contributed by atoms with van der Waals surface area (Å²) < 4.78 is 11.1. The van der Waals surface area contributed by atoms with Gasteiger partial charge in [-0.1, -0.05) is 0 Å². The van der Waals surface area contributed by atoms with E-state index in [2.05, 4.69) is 0 Å². The Balaban J connectivity index is 2.18. The molecule has 0 amide bonds. The fourth-order valence-electron chi connectivity index (χ4n) is 2.61. The molecule has 2 aliphatic rings. The summed E-state index contributed by atoms with van der Waals surface area (Å²) in [4.78, 5) is 22.8. The van der Waals surface area contributed by atoms with Crippen molar-refractivity contribution in [3.63, 3.8) is 0 Å². The molecule has 1 aliphatic carbocycles. The van der Waals surface area contributed by atoms with Crippen molar-refractivity contribution < 1.29 is 24.2 Å². The van der Waals surface area contributed by atoms with Gasteiger partial charge in [-0.3, -0.25) is 9.59 Å². The summed E-state index contributed by atoms with van der Waals surface area (Å²) in [5.41, 5.74) is -0.957. The number of carboxylic acid groups (broad SMARTS) is 1. The number of carbonyl (C=O) groups is 2. The molecular weight excluding hydrogens is 224 g/mol. The molecule has 5 heteroatoms. The molecule has 1 saturated heterocycles. The van der Waals surface area contributed by atoms with Gasteiger partial charge in [0.2, 0.25) is 0 Å². The number of ketones is 1. The van der Waals surface area contributed by atoms with Crippen LogP contribution >= 0.6 is 0 Å². The van der Waals surface area contributed by atoms with Gasteiger partial charge < -0.3 is 14.6 Å². The Labute approximate surface area is 100 Å². The molecule has 1 aliphatic heterocycles. The minimum atomic E-state index is -0.957. The largest absolute Gasteiger partial charge is 0.481 e. The van der Waals surface area contributed by atoms with E-state index in [-0.39, 0.29) is 12.4 Å². The van der Waals surface area contributed by atoms with E-state index < -0.39 is 23.3 Å². The molecule has 0 bridgehead atoms. The first-order valence-corrected chi connectivity index (χ1v) is 5.93. The molecule has 1 atom stereocenters. The molecule has 1 unspecified atom stereocenters. The van der Waals surface area contributed by atoms with Crippen molar-refractivity contribution in [2.75, 3.05) is 6.61 Å². The molecule has 0 radical (unpaired) electrons. The van der Waals surface area contributed by atoms with Crippen LogP contribution in [-0.4, -0.2) is 35.4 Å². The summed E-state index contributed by atoms with van der Waals surface area (Å²) in [7, 11) is 0. The number of hydrogen-bond donors (Lipinski definition) is 1. The predicted octanol–water partition coefficient (Wildman–Crippen LogP) is 1.35. The fraction of sp³-hybridized carbons (Fsp3) is 0.833. The molecule has 1 N–H and O–H groups in total. The second-order valence-electron chi connectivity index (χ2n) is 5.32. The summed E-state index contributed by atoms with van der Waals surface area (Å²) >= 11 is 0. The number of ether oxygens (including phenoxy) is 2. The highest BCUT2D eigenvalue weighted by molar-refractivity contribution is 5.84. The van der Waals surface area contributed by atoms with E-state index in [1.807, 2.05) is 0 Å². The Bertz CT molecular complexity index is 337. The van der Waals surface area contributed by atoms with E-state index in [0.29, 0.717) is 25.7 Å². The van der Waals surface area contributed by atoms with E-state index in [0.717, 1.165) is 0 Å². The van der Waals surface area contributed by atoms with Crippen LogP contribution in [0.4, 0.5) is 0 Å². The number of aliphatic carboxylic acids is 1. The summed E-state index contributed by atoms with van der Waals surface area (Å²) in [6.45, 7) is 3.83. The van der Waals surface area contributed by atoms with Gasteiger partial charge in [-0.2, -0.15) is 0 Å². The zero-order valence-electron chi connectivity index (χ0n) is 10.2. The van der Waals surface area contributed by atoms with Crippen LogP contribution in [0.2, 0.25) is 0 Å². The van der Waals surface area contributed by atoms with Crippen molar-refractivity contribution in [2.24, 2.45) is 5.41 Å². The number of hydrogen-bond acceptors (Lipinski definition) is 4. The number of Topliss-reactive ketones (excluding diaryl/α,β-unsaturated/α-hetero) is 1. The molecule has 0 aromatic heterocycles. The summed E-state index contributed by atoms with van der Waals surface area (Å²) in [6.07, 6.45) is 0.901. The molecule has 0 spiro atoms. The normalized spacial score (nSPS) is 31.4. The van der Waals surface area contributed by atoms with E-state index in [4.69, 9.17) is 9.47 Å². The first kappa shape index (κ1) is 12.5. The van der Waals surface area contributed by atoms with E-state index in [1.54, 1.807) is 13.8 Å². The Morgan fingerprint density at radius 3 is 2.35 bits per heavy atom. The summed E-state index contributed by atoms with van der Waals surface area (Å²) in [5, 5.41) is 9.46. The van der Waals surface area contributed by atoms with Gasteiger partial charge in [0.25, 0.3) is 0 Å². The maximum Gasteiger partial charge on any atom is 0.312 e. The molecule has 17 heavy (non-hydrogen) atoms. The minimum absolute atomic E-state index is 0.139. The van der Waals surface area contributed by atoms with Gasteiger partial charge >= 0.3 is 5.97 Å². The average molecular weight is 242 g/mol. The van der Waals surface area contributed by atoms with Gasteiger partial charge in [-0.05, 0) is 26.7 Å². The lowest BCUT2D eigenvalue weighted by Crippen LogP contribution is -2.47. The first-order chi connectivity index (χ1) is 7.86. The molecule has 1 heterocycles. The molecule has 0 aromatic carbocycles. The van der Waals surface area contributed by atoms with Crippen molar-refractivity contribution in [3.8, 4) is 0 Å². The third kappa shape index (κ3) is 2.21. The van der Waals surface area contributed by atoms with Crippen molar-refractivity contribution in [1.82, 2.24) is 0 Å². The summed E-state index contributed by atoms with van der Waals surface area (Å²) in [6, 6.07) is 0. The zero-order valence-corrected chi connectivity index (χ0v) is 10.2. The topological polar surface area (TPSA) is 72.8 Å². The standard InChI is InChI=1S/C12H18O5/c1-11(2)16-7-9(17-11)12(10(14)15)5-3-8(13)4-6-12/h9H,3-7H2,1-2H3,(H,14,15). The Morgan fingerprint density at radius 2 is 1.94 bits per heavy atom. The van der Waals surface area contributed by atoms with E-state index in [9.17, 15) is 14.7 Å². The molecule has 2 fully saturated rings. The van der Waals surface area contributed by atoms with Crippen molar-refractivity contribution in [3.05, 3.63) is 0 Å². The molecule has 2 rings (SSSR count).